The summed E-state index contributed by atoms with van der Waals surface area (Å²) in [5.41, 5.74) is 7.90. The van der Waals surface area contributed by atoms with Crippen molar-refractivity contribution in [3.8, 4) is 0 Å². The number of oxime groups is 1. The summed E-state index contributed by atoms with van der Waals surface area (Å²) in [5, 5.41) is 14.7. The predicted molar refractivity (Wildman–Crippen MR) is 123 cm³/mol. The smallest absolute Gasteiger partial charge is 0.217 e. The minimum Gasteiger partial charge on any atom is -0.463 e. The van der Waals surface area contributed by atoms with E-state index in [1.807, 2.05) is 15.9 Å². The molecule has 0 bridgehead atoms. The fourth-order valence-corrected chi connectivity index (χ4v) is 3.66. The molecule has 2 aromatic rings. The fraction of sp³-hybridized carbons (Fsp3) is 0.364. The standard InChI is InChI=1S/C22H26FN7O3/c1-15(31)25-13-18-12-20(28-33-18)16-4-5-21(19(23)11-16)29-6-8-30(9-7-29)22(24)27-26-14-17-3-2-10-32-17/h2-5,10-11,14,18H,6-9,12-13H2,1H3,(H2,24,27)(H,25,31). The van der Waals surface area contributed by atoms with Crippen molar-refractivity contribution in [3.05, 3.63) is 53.7 Å². The lowest BCUT2D eigenvalue weighted by molar-refractivity contribution is -0.119. The van der Waals surface area contributed by atoms with Crippen LogP contribution in [0, 0.1) is 5.82 Å². The topological polar surface area (TPSA) is 121 Å². The van der Waals surface area contributed by atoms with Gasteiger partial charge in [-0.25, -0.2) is 4.39 Å². The number of carbonyl (C=O) groups is 1. The highest BCUT2D eigenvalue weighted by Crippen LogP contribution is 2.24. The van der Waals surface area contributed by atoms with Gasteiger partial charge in [-0.15, -0.1) is 5.10 Å². The molecule has 1 aromatic heterocycles. The first-order chi connectivity index (χ1) is 16.0. The number of rotatable bonds is 6. The van der Waals surface area contributed by atoms with Crippen molar-refractivity contribution in [2.24, 2.45) is 21.1 Å². The molecular formula is C22H26FN7O3. The second kappa shape index (κ2) is 10.2. The third-order valence-corrected chi connectivity index (χ3v) is 5.43. The van der Waals surface area contributed by atoms with Gasteiger partial charge >= 0.3 is 0 Å². The molecule has 10 nitrogen and oxygen atoms in total. The number of nitrogens with zero attached hydrogens (tertiary/aromatic N) is 5. The minimum atomic E-state index is -0.321. The Hall–Kier alpha value is -3.89. The number of nitrogens with two attached hydrogens (primary N) is 1. The van der Waals surface area contributed by atoms with Crippen LogP contribution in [0.5, 0.6) is 0 Å². The molecular weight excluding hydrogens is 429 g/mol. The van der Waals surface area contributed by atoms with Crippen LogP contribution in [0.25, 0.3) is 0 Å². The van der Waals surface area contributed by atoms with Crippen LogP contribution in [0.1, 0.15) is 24.7 Å². The molecule has 1 saturated heterocycles. The predicted octanol–water partition coefficient (Wildman–Crippen LogP) is 1.52. The van der Waals surface area contributed by atoms with Gasteiger partial charge in [0.05, 0.1) is 30.4 Å². The van der Waals surface area contributed by atoms with Crippen molar-refractivity contribution >= 4 is 29.5 Å². The Balaban J connectivity index is 1.31. The van der Waals surface area contributed by atoms with E-state index < -0.39 is 0 Å². The Morgan fingerprint density at radius 2 is 2.15 bits per heavy atom. The molecule has 0 saturated carbocycles. The molecule has 1 aromatic carbocycles. The zero-order chi connectivity index (χ0) is 23.2. The molecule has 1 unspecified atom stereocenters. The minimum absolute atomic E-state index is 0.128. The largest absolute Gasteiger partial charge is 0.463 e. The SMILES string of the molecule is CC(=O)NCC1CC(c2ccc(N3CCN(/C(N)=N/N=Cc4ccco4)CC3)c(F)c2)=NO1. The Morgan fingerprint density at radius 1 is 1.33 bits per heavy atom. The highest BCUT2D eigenvalue weighted by Gasteiger charge is 2.25. The van der Waals surface area contributed by atoms with E-state index >= 15 is 0 Å². The summed E-state index contributed by atoms with van der Waals surface area (Å²) in [5.74, 6) is 0.450. The van der Waals surface area contributed by atoms with Crippen LogP contribution in [0.2, 0.25) is 0 Å². The van der Waals surface area contributed by atoms with Crippen LogP contribution in [-0.2, 0) is 9.63 Å². The number of hydrogen-bond acceptors (Lipinski definition) is 7. The molecule has 4 rings (SSSR count). The maximum atomic E-state index is 14.9. The third kappa shape index (κ3) is 5.68. The third-order valence-electron chi connectivity index (χ3n) is 5.43. The van der Waals surface area contributed by atoms with E-state index in [0.717, 1.165) is 0 Å². The molecule has 2 aliphatic rings. The van der Waals surface area contributed by atoms with Crippen molar-refractivity contribution in [1.29, 1.82) is 0 Å². The van der Waals surface area contributed by atoms with Gasteiger partial charge in [-0.1, -0.05) is 11.2 Å². The van der Waals surface area contributed by atoms with E-state index in [-0.39, 0.29) is 17.8 Å². The van der Waals surface area contributed by atoms with Gasteiger partial charge in [0.2, 0.25) is 11.9 Å². The highest BCUT2D eigenvalue weighted by molar-refractivity contribution is 6.01. The van der Waals surface area contributed by atoms with Gasteiger partial charge in [0.1, 0.15) is 17.7 Å². The maximum Gasteiger partial charge on any atom is 0.217 e. The number of hydrogen-bond donors (Lipinski definition) is 2. The normalized spacial score (nSPS) is 19.0. The lowest BCUT2D eigenvalue weighted by Crippen LogP contribution is -2.51. The van der Waals surface area contributed by atoms with Gasteiger partial charge in [-0.05, 0) is 24.3 Å². The van der Waals surface area contributed by atoms with Crippen LogP contribution < -0.4 is 16.0 Å². The summed E-state index contributed by atoms with van der Waals surface area (Å²) in [7, 11) is 0. The van der Waals surface area contributed by atoms with Crippen LogP contribution in [0.15, 0.2) is 56.4 Å². The van der Waals surface area contributed by atoms with Crippen LogP contribution in [0.3, 0.4) is 0 Å². The van der Waals surface area contributed by atoms with Gasteiger partial charge in [-0.2, -0.15) is 5.10 Å². The Bertz CT molecular complexity index is 1060. The zero-order valence-corrected chi connectivity index (χ0v) is 18.3. The molecule has 2 aliphatic heterocycles. The second-order valence-electron chi connectivity index (χ2n) is 7.77. The van der Waals surface area contributed by atoms with Crippen molar-refractivity contribution < 1.29 is 18.4 Å². The number of halogens is 1. The first kappa shape index (κ1) is 22.3. The van der Waals surface area contributed by atoms with E-state index in [9.17, 15) is 9.18 Å². The quantitative estimate of drug-likeness (QED) is 0.387. The number of amides is 1. The highest BCUT2D eigenvalue weighted by atomic mass is 19.1. The second-order valence-corrected chi connectivity index (χ2v) is 7.77. The molecule has 174 valence electrons. The van der Waals surface area contributed by atoms with Gasteiger partial charge < -0.3 is 30.1 Å². The van der Waals surface area contributed by atoms with Crippen molar-refractivity contribution in [3.63, 3.8) is 0 Å². The van der Waals surface area contributed by atoms with Crippen molar-refractivity contribution in [1.82, 2.24) is 10.2 Å². The van der Waals surface area contributed by atoms with Crippen LogP contribution >= 0.6 is 0 Å². The van der Waals surface area contributed by atoms with Crippen LogP contribution in [0.4, 0.5) is 10.1 Å². The number of guanidine groups is 1. The number of benzene rings is 1. The first-order valence-corrected chi connectivity index (χ1v) is 10.7. The van der Waals surface area contributed by atoms with E-state index in [4.69, 9.17) is 15.0 Å². The summed E-state index contributed by atoms with van der Waals surface area (Å²) in [4.78, 5) is 20.3. The summed E-state index contributed by atoms with van der Waals surface area (Å²) < 4.78 is 20.1. The van der Waals surface area contributed by atoms with Crippen molar-refractivity contribution in [2.75, 3.05) is 37.6 Å². The molecule has 0 spiro atoms. The van der Waals surface area contributed by atoms with E-state index in [0.29, 0.717) is 67.8 Å². The number of piperazine rings is 1. The lowest BCUT2D eigenvalue weighted by atomic mass is 10.0. The lowest BCUT2D eigenvalue weighted by Gasteiger charge is -2.36. The van der Waals surface area contributed by atoms with E-state index in [1.165, 1.54) is 19.2 Å². The van der Waals surface area contributed by atoms with Crippen molar-refractivity contribution in [2.45, 2.75) is 19.4 Å². The number of nitrogens with one attached hydrogen (secondary N) is 1. The average Bonchev–Trinajstić information content (AvgIpc) is 3.50. The summed E-state index contributed by atoms with van der Waals surface area (Å²) in [6, 6.07) is 8.61. The number of anilines is 1. The molecule has 1 amide bonds. The monoisotopic (exact) mass is 455 g/mol. The van der Waals surface area contributed by atoms with Gasteiger partial charge in [0.25, 0.3) is 0 Å². The van der Waals surface area contributed by atoms with Gasteiger partial charge in [0, 0.05) is 45.1 Å². The fourth-order valence-electron chi connectivity index (χ4n) is 3.66. The Kier molecular flexibility index (Phi) is 6.86. The molecule has 1 atom stereocenters. The Labute approximate surface area is 190 Å². The molecule has 11 heteroatoms. The van der Waals surface area contributed by atoms with E-state index in [1.54, 1.807) is 24.5 Å². The molecule has 3 heterocycles. The van der Waals surface area contributed by atoms with E-state index in [2.05, 4.69) is 20.7 Å². The summed E-state index contributed by atoms with van der Waals surface area (Å²) in [6.07, 6.45) is 3.31. The number of carbonyl (C=O) groups excluding carboxylic acids is 1. The summed E-state index contributed by atoms with van der Waals surface area (Å²) >= 11 is 0. The average molecular weight is 455 g/mol. The number of furan rings is 1. The zero-order valence-electron chi connectivity index (χ0n) is 18.3. The van der Waals surface area contributed by atoms with Crippen LogP contribution in [-0.4, -0.2) is 67.5 Å². The summed E-state index contributed by atoms with van der Waals surface area (Å²) in [6.45, 7) is 4.20. The molecule has 1 fully saturated rings. The first-order valence-electron chi connectivity index (χ1n) is 10.7. The molecule has 0 radical (unpaired) electrons. The van der Waals surface area contributed by atoms with Gasteiger partial charge in [-0.3, -0.25) is 4.79 Å². The molecule has 3 N–H and O–H groups in total. The molecule has 0 aliphatic carbocycles. The maximum absolute atomic E-state index is 14.9. The van der Waals surface area contributed by atoms with Gasteiger partial charge in [0.15, 0.2) is 0 Å². The molecule has 33 heavy (non-hydrogen) atoms. The Morgan fingerprint density at radius 3 is 2.85 bits per heavy atom.